The van der Waals surface area contributed by atoms with E-state index in [4.69, 9.17) is 18.9 Å². The van der Waals surface area contributed by atoms with Crippen molar-refractivity contribution in [3.05, 3.63) is 58.8 Å². The lowest BCUT2D eigenvalue weighted by Gasteiger charge is -2.37. The first-order valence-electron chi connectivity index (χ1n) is 14.7. The normalized spacial score (nSPS) is 24.5. The molecule has 2 fully saturated rings. The Balaban J connectivity index is 1.91. The highest BCUT2D eigenvalue weighted by Crippen LogP contribution is 2.50. The number of carboxylic acids is 1. The molecule has 4 rings (SSSR count). The van der Waals surface area contributed by atoms with Gasteiger partial charge >= 0.3 is 12.1 Å². The average molecular weight is 623 g/mol. The predicted molar refractivity (Wildman–Crippen MR) is 154 cm³/mol. The number of methoxy groups -OCH3 is 2. The minimum atomic E-state index is -4.65. The monoisotopic (exact) mass is 622 g/mol. The van der Waals surface area contributed by atoms with Gasteiger partial charge in [-0.1, -0.05) is 38.1 Å². The molecular formula is C32H41F3N2O7. The van der Waals surface area contributed by atoms with E-state index in [0.29, 0.717) is 24.8 Å². The molecule has 0 radical (unpaired) electrons. The fraction of sp³-hybridized carbons (Fsp3) is 0.594. The Kier molecular flexibility index (Phi) is 10.3. The second-order valence-electron chi connectivity index (χ2n) is 12.1. The van der Waals surface area contributed by atoms with E-state index in [1.165, 1.54) is 19.1 Å². The summed E-state index contributed by atoms with van der Waals surface area (Å²) in [6.07, 6.45) is -3.83. The Morgan fingerprint density at radius 2 is 1.86 bits per heavy atom. The first-order valence-corrected chi connectivity index (χ1v) is 14.7. The number of amides is 1. The Hall–Kier alpha value is -3.22. The Morgan fingerprint density at radius 1 is 1.16 bits per heavy atom. The number of rotatable bonds is 10. The maximum Gasteiger partial charge on any atom is 0.417 e. The molecule has 44 heavy (non-hydrogen) atoms. The van der Waals surface area contributed by atoms with Crippen LogP contribution >= 0.6 is 0 Å². The van der Waals surface area contributed by atoms with Gasteiger partial charge in [-0.15, -0.1) is 0 Å². The highest BCUT2D eigenvalue weighted by molar-refractivity contribution is 5.88. The fourth-order valence-electron chi connectivity index (χ4n) is 6.39. The maximum absolute atomic E-state index is 14.3. The van der Waals surface area contributed by atoms with Crippen molar-refractivity contribution < 1.29 is 46.8 Å². The molecule has 1 aromatic heterocycles. The summed E-state index contributed by atoms with van der Waals surface area (Å²) in [6, 6.07) is 6.03. The van der Waals surface area contributed by atoms with Crippen molar-refractivity contribution in [1.29, 1.82) is 0 Å². The summed E-state index contributed by atoms with van der Waals surface area (Å²) in [6.45, 7) is 7.40. The van der Waals surface area contributed by atoms with Crippen molar-refractivity contribution in [3.8, 4) is 5.88 Å². The molecule has 2 aromatic rings. The van der Waals surface area contributed by atoms with Crippen LogP contribution in [0.3, 0.4) is 0 Å². The van der Waals surface area contributed by atoms with Crippen molar-refractivity contribution in [3.63, 3.8) is 0 Å². The number of carbonyl (C=O) groups excluding carboxylic acids is 1. The number of halogens is 3. The standard InChI is InChI=1S/C32H41F3N2O7/c1-18(2)21-11-7-8-12-22(21)25-27(44-17-19-15-20(32(33,34)35)16-36-28(19)41-5)24(31(3,4)42-6)26(30(39)40)37(25)29(38)23-13-9-10-14-43-23/h7-8,11-12,15-16,18,23-27H,9-10,13-14,17H2,1-6H3,(H,39,40)/t23-,24+,25-,26-,27-/m0/s1. The van der Waals surface area contributed by atoms with E-state index >= 15 is 0 Å². The number of aromatic nitrogens is 1. The van der Waals surface area contributed by atoms with Crippen LogP contribution in [-0.4, -0.2) is 71.5 Å². The fourth-order valence-corrected chi connectivity index (χ4v) is 6.39. The van der Waals surface area contributed by atoms with Crippen LogP contribution in [0.5, 0.6) is 5.88 Å². The van der Waals surface area contributed by atoms with E-state index < -0.39 is 66.0 Å². The van der Waals surface area contributed by atoms with Gasteiger partial charge in [-0.3, -0.25) is 4.79 Å². The lowest BCUT2D eigenvalue weighted by molar-refractivity contribution is -0.161. The molecule has 2 aliphatic heterocycles. The molecule has 3 heterocycles. The van der Waals surface area contributed by atoms with Gasteiger partial charge in [0.05, 0.1) is 37.0 Å². The van der Waals surface area contributed by atoms with E-state index in [1.807, 2.05) is 38.1 Å². The molecular weight excluding hydrogens is 581 g/mol. The number of carboxylic acid groups (broad SMARTS) is 1. The van der Waals surface area contributed by atoms with Crippen LogP contribution in [-0.2, 0) is 36.6 Å². The molecule has 0 unspecified atom stereocenters. The van der Waals surface area contributed by atoms with E-state index in [9.17, 15) is 27.9 Å². The van der Waals surface area contributed by atoms with E-state index in [1.54, 1.807) is 13.8 Å². The number of pyridine rings is 1. The number of ether oxygens (including phenoxy) is 4. The summed E-state index contributed by atoms with van der Waals surface area (Å²) in [5, 5.41) is 10.7. The third-order valence-electron chi connectivity index (χ3n) is 8.71. The number of aliphatic carboxylic acids is 1. The number of nitrogens with zero attached hydrogens (tertiary/aromatic N) is 2. The predicted octanol–water partition coefficient (Wildman–Crippen LogP) is 5.76. The zero-order valence-electron chi connectivity index (χ0n) is 25.9. The summed E-state index contributed by atoms with van der Waals surface area (Å²) in [5.74, 6) is -2.72. The number of benzene rings is 1. The topological polar surface area (TPSA) is 107 Å². The van der Waals surface area contributed by atoms with Crippen LogP contribution in [0.25, 0.3) is 0 Å². The number of likely N-dealkylation sites (tertiary alicyclic amines) is 1. The molecule has 1 aromatic carbocycles. The molecule has 2 saturated heterocycles. The molecule has 12 heteroatoms. The van der Waals surface area contributed by atoms with Gasteiger partial charge in [0.1, 0.15) is 12.1 Å². The van der Waals surface area contributed by atoms with Crippen LogP contribution in [0, 0.1) is 5.92 Å². The Bertz CT molecular complexity index is 1330. The van der Waals surface area contributed by atoms with Crippen LogP contribution in [0.1, 0.15) is 81.2 Å². The lowest BCUT2D eigenvalue weighted by atomic mass is 9.79. The van der Waals surface area contributed by atoms with Gasteiger partial charge in [-0.2, -0.15) is 13.2 Å². The van der Waals surface area contributed by atoms with Crippen molar-refractivity contribution in [2.75, 3.05) is 20.8 Å². The summed E-state index contributed by atoms with van der Waals surface area (Å²) in [7, 11) is 2.74. The SMILES string of the molecule is COc1ncc(C(F)(F)F)cc1CO[C@H]1[C@H](C(C)(C)OC)[C@@H](C(=O)O)N(C(=O)[C@@H]2CCCCO2)[C@H]1c1ccccc1C(C)C. The second-order valence-corrected chi connectivity index (χ2v) is 12.1. The lowest BCUT2D eigenvalue weighted by Crippen LogP contribution is -2.53. The van der Waals surface area contributed by atoms with Gasteiger partial charge in [0.15, 0.2) is 0 Å². The third-order valence-corrected chi connectivity index (χ3v) is 8.71. The molecule has 242 valence electrons. The van der Waals surface area contributed by atoms with Crippen LogP contribution in [0.4, 0.5) is 13.2 Å². The largest absolute Gasteiger partial charge is 0.481 e. The molecule has 2 aliphatic rings. The number of alkyl halides is 3. The number of hydrogen-bond donors (Lipinski definition) is 1. The van der Waals surface area contributed by atoms with Gasteiger partial charge in [0.25, 0.3) is 5.91 Å². The van der Waals surface area contributed by atoms with Crippen LogP contribution < -0.4 is 4.74 Å². The van der Waals surface area contributed by atoms with Gasteiger partial charge < -0.3 is 29.0 Å². The van der Waals surface area contributed by atoms with Gasteiger partial charge in [-0.05, 0) is 56.2 Å². The van der Waals surface area contributed by atoms with E-state index in [2.05, 4.69) is 4.98 Å². The zero-order valence-corrected chi connectivity index (χ0v) is 25.9. The van der Waals surface area contributed by atoms with Gasteiger partial charge in [0, 0.05) is 31.4 Å². The molecule has 0 spiro atoms. The molecule has 1 N–H and O–H groups in total. The first-order chi connectivity index (χ1) is 20.7. The van der Waals surface area contributed by atoms with Crippen molar-refractivity contribution in [1.82, 2.24) is 9.88 Å². The smallest absolute Gasteiger partial charge is 0.417 e. The molecule has 9 nitrogen and oxygen atoms in total. The molecule has 0 saturated carbocycles. The minimum Gasteiger partial charge on any atom is -0.481 e. The Morgan fingerprint density at radius 3 is 2.43 bits per heavy atom. The summed E-state index contributed by atoms with van der Waals surface area (Å²) in [5.41, 5.74) is -0.525. The maximum atomic E-state index is 14.3. The molecule has 0 bridgehead atoms. The number of hydrogen-bond acceptors (Lipinski definition) is 7. The van der Waals surface area contributed by atoms with Crippen molar-refractivity contribution in [2.24, 2.45) is 5.92 Å². The van der Waals surface area contributed by atoms with E-state index in [0.717, 1.165) is 24.5 Å². The van der Waals surface area contributed by atoms with Crippen molar-refractivity contribution >= 4 is 11.9 Å². The zero-order chi connectivity index (χ0) is 32.4. The van der Waals surface area contributed by atoms with Gasteiger partial charge in [-0.25, -0.2) is 9.78 Å². The van der Waals surface area contributed by atoms with Gasteiger partial charge in [0.2, 0.25) is 5.88 Å². The first kappa shape index (κ1) is 33.7. The second kappa shape index (κ2) is 13.4. The molecule has 0 aliphatic carbocycles. The Labute approximate surface area is 255 Å². The molecule has 1 amide bonds. The average Bonchev–Trinajstić information content (AvgIpc) is 3.35. The quantitative estimate of drug-likeness (QED) is 0.356. The number of carbonyl (C=O) groups is 2. The highest BCUT2D eigenvalue weighted by Gasteiger charge is 2.61. The van der Waals surface area contributed by atoms with E-state index in [-0.39, 0.29) is 17.4 Å². The highest BCUT2D eigenvalue weighted by atomic mass is 19.4. The molecule has 5 atom stereocenters. The van der Waals surface area contributed by atoms with Crippen LogP contribution in [0.15, 0.2) is 36.5 Å². The third kappa shape index (κ3) is 6.72. The van der Waals surface area contributed by atoms with Crippen LogP contribution in [0.2, 0.25) is 0 Å². The minimum absolute atomic E-state index is 0.000238. The summed E-state index contributed by atoms with van der Waals surface area (Å²) < 4.78 is 64.2. The summed E-state index contributed by atoms with van der Waals surface area (Å²) in [4.78, 5) is 32.6. The van der Waals surface area contributed by atoms with Crippen molar-refractivity contribution in [2.45, 2.75) is 95.6 Å². The summed E-state index contributed by atoms with van der Waals surface area (Å²) >= 11 is 0.